The Morgan fingerprint density at radius 1 is 1.33 bits per heavy atom. The molecule has 0 aliphatic heterocycles. The van der Waals surface area contributed by atoms with E-state index in [1.807, 2.05) is 0 Å². The summed E-state index contributed by atoms with van der Waals surface area (Å²) in [6, 6.07) is 6.51. The Morgan fingerprint density at radius 2 is 2.06 bits per heavy atom. The summed E-state index contributed by atoms with van der Waals surface area (Å²) < 4.78 is 0. The van der Waals surface area contributed by atoms with Crippen LogP contribution in [0, 0.1) is 17.0 Å². The Morgan fingerprint density at radius 3 is 2.78 bits per heavy atom. The van der Waals surface area contributed by atoms with Crippen molar-refractivity contribution in [2.45, 2.75) is 16.8 Å². The van der Waals surface area contributed by atoms with E-state index in [4.69, 9.17) is 11.6 Å². The summed E-state index contributed by atoms with van der Waals surface area (Å²) >= 11 is 7.09. The zero-order valence-electron chi connectivity index (χ0n) is 9.33. The number of benzene rings is 1. The number of nitro groups is 1. The van der Waals surface area contributed by atoms with Crippen LogP contribution in [0.4, 0.5) is 5.69 Å². The maximum Gasteiger partial charge on any atom is 0.283 e. The second-order valence-corrected chi connectivity index (χ2v) is 4.81. The van der Waals surface area contributed by atoms with Gasteiger partial charge >= 0.3 is 0 Å². The molecule has 92 valence electrons. The summed E-state index contributed by atoms with van der Waals surface area (Å²) in [5.41, 5.74) is 0.763. The van der Waals surface area contributed by atoms with Crippen molar-refractivity contribution < 1.29 is 4.92 Å². The number of hydrogen-bond acceptors (Lipinski definition) is 5. The average Bonchev–Trinajstić information content (AvgIpc) is 2.35. The molecule has 0 saturated heterocycles. The molecule has 0 atom stereocenters. The Labute approximate surface area is 112 Å². The molecule has 1 aromatic carbocycles. The molecule has 0 amide bonds. The van der Waals surface area contributed by atoms with Gasteiger partial charge in [-0.2, -0.15) is 0 Å². The van der Waals surface area contributed by atoms with E-state index in [1.54, 1.807) is 25.1 Å². The zero-order valence-corrected chi connectivity index (χ0v) is 10.9. The van der Waals surface area contributed by atoms with Gasteiger partial charge in [0.1, 0.15) is 16.5 Å². The van der Waals surface area contributed by atoms with Crippen LogP contribution in [0.2, 0.25) is 5.15 Å². The first kappa shape index (κ1) is 12.8. The first-order chi connectivity index (χ1) is 8.59. The van der Waals surface area contributed by atoms with Gasteiger partial charge < -0.3 is 0 Å². The summed E-state index contributed by atoms with van der Waals surface area (Å²) in [4.78, 5) is 18.9. The largest absolute Gasteiger partial charge is 0.283 e. The highest BCUT2D eigenvalue weighted by Gasteiger charge is 2.16. The molecule has 0 bridgehead atoms. The Balaban J connectivity index is 2.40. The zero-order chi connectivity index (χ0) is 13.1. The topological polar surface area (TPSA) is 68.9 Å². The number of aromatic nitrogens is 2. The Hall–Kier alpha value is -1.66. The van der Waals surface area contributed by atoms with Crippen LogP contribution in [-0.2, 0) is 0 Å². The van der Waals surface area contributed by atoms with Gasteiger partial charge in [-0.3, -0.25) is 10.1 Å². The van der Waals surface area contributed by atoms with Crippen molar-refractivity contribution in [3.63, 3.8) is 0 Å². The molecule has 0 radical (unpaired) electrons. The van der Waals surface area contributed by atoms with Crippen LogP contribution >= 0.6 is 23.4 Å². The van der Waals surface area contributed by atoms with Gasteiger partial charge in [-0.15, -0.1) is 0 Å². The Bertz CT molecular complexity index is 607. The molecule has 2 aromatic rings. The highest BCUT2D eigenvalue weighted by Crippen LogP contribution is 2.35. The van der Waals surface area contributed by atoms with Gasteiger partial charge in [0, 0.05) is 11.6 Å². The van der Waals surface area contributed by atoms with E-state index in [-0.39, 0.29) is 5.69 Å². The van der Waals surface area contributed by atoms with E-state index in [0.717, 1.165) is 0 Å². The van der Waals surface area contributed by atoms with E-state index >= 15 is 0 Å². The number of para-hydroxylation sites is 1. The van der Waals surface area contributed by atoms with Gasteiger partial charge in [0.2, 0.25) is 0 Å². The van der Waals surface area contributed by atoms with Crippen LogP contribution in [-0.4, -0.2) is 14.9 Å². The molecule has 5 nitrogen and oxygen atoms in total. The molecule has 18 heavy (non-hydrogen) atoms. The van der Waals surface area contributed by atoms with Crippen molar-refractivity contribution in [1.82, 2.24) is 9.97 Å². The van der Waals surface area contributed by atoms with Gasteiger partial charge in [0.15, 0.2) is 0 Å². The normalized spacial score (nSPS) is 10.3. The van der Waals surface area contributed by atoms with E-state index in [2.05, 4.69) is 9.97 Å². The second-order valence-electron chi connectivity index (χ2n) is 3.42. The maximum atomic E-state index is 10.9. The molecule has 0 N–H and O–H groups in total. The smallest absolute Gasteiger partial charge is 0.258 e. The maximum absolute atomic E-state index is 10.9. The molecular formula is C11H8ClN3O2S. The summed E-state index contributed by atoms with van der Waals surface area (Å²) in [6.45, 7) is 1.78. The van der Waals surface area contributed by atoms with Crippen molar-refractivity contribution in [2.24, 2.45) is 0 Å². The first-order valence-electron chi connectivity index (χ1n) is 4.98. The number of rotatable bonds is 3. The summed E-state index contributed by atoms with van der Waals surface area (Å²) in [5.74, 6) is 0. The molecule has 2 rings (SSSR count). The van der Waals surface area contributed by atoms with Crippen LogP contribution in [0.25, 0.3) is 0 Å². The molecule has 1 heterocycles. The van der Waals surface area contributed by atoms with E-state index in [9.17, 15) is 10.1 Å². The third-order valence-corrected chi connectivity index (χ3v) is 3.80. The summed E-state index contributed by atoms with van der Waals surface area (Å²) in [5, 5.41) is 11.9. The predicted octanol–water partition coefficient (Wildman–Crippen LogP) is 3.50. The van der Waals surface area contributed by atoms with E-state index < -0.39 is 4.92 Å². The quantitative estimate of drug-likeness (QED) is 0.489. The third-order valence-electron chi connectivity index (χ3n) is 2.24. The SMILES string of the molecule is Cc1c(Cl)ncnc1Sc1ccccc1[N+](=O)[O-]. The lowest BCUT2D eigenvalue weighted by molar-refractivity contribution is -0.387. The van der Waals surface area contributed by atoms with Crippen molar-refractivity contribution in [3.8, 4) is 0 Å². The number of nitrogens with zero attached hydrogens (tertiary/aromatic N) is 3. The van der Waals surface area contributed by atoms with Crippen LogP contribution < -0.4 is 0 Å². The molecule has 0 spiro atoms. The van der Waals surface area contributed by atoms with Gasteiger partial charge in [-0.25, -0.2) is 9.97 Å². The highest BCUT2D eigenvalue weighted by molar-refractivity contribution is 7.99. The van der Waals surface area contributed by atoms with Gasteiger partial charge in [-0.05, 0) is 13.0 Å². The summed E-state index contributed by atoms with van der Waals surface area (Å²) in [7, 11) is 0. The van der Waals surface area contributed by atoms with Crippen LogP contribution in [0.1, 0.15) is 5.56 Å². The van der Waals surface area contributed by atoms with Crippen LogP contribution in [0.3, 0.4) is 0 Å². The van der Waals surface area contributed by atoms with Gasteiger partial charge in [0.05, 0.1) is 9.82 Å². The lowest BCUT2D eigenvalue weighted by Crippen LogP contribution is -1.93. The predicted molar refractivity (Wildman–Crippen MR) is 69.0 cm³/mol. The van der Waals surface area contributed by atoms with E-state index in [1.165, 1.54) is 24.2 Å². The minimum absolute atomic E-state index is 0.0524. The average molecular weight is 282 g/mol. The Kier molecular flexibility index (Phi) is 3.78. The number of nitro benzene ring substituents is 1. The van der Waals surface area contributed by atoms with Crippen LogP contribution in [0.15, 0.2) is 40.5 Å². The fourth-order valence-electron chi connectivity index (χ4n) is 1.32. The van der Waals surface area contributed by atoms with Gasteiger partial charge in [-0.1, -0.05) is 35.5 Å². The van der Waals surface area contributed by atoms with Crippen molar-refractivity contribution in [2.75, 3.05) is 0 Å². The van der Waals surface area contributed by atoms with Crippen molar-refractivity contribution in [3.05, 3.63) is 51.4 Å². The standard InChI is InChI=1S/C11H8ClN3O2S/c1-7-10(12)13-6-14-11(7)18-9-5-3-2-4-8(9)15(16)17/h2-6H,1H3. The lowest BCUT2D eigenvalue weighted by Gasteiger charge is -2.05. The highest BCUT2D eigenvalue weighted by atomic mass is 35.5. The van der Waals surface area contributed by atoms with Crippen LogP contribution in [0.5, 0.6) is 0 Å². The minimum Gasteiger partial charge on any atom is -0.258 e. The van der Waals surface area contributed by atoms with E-state index in [0.29, 0.717) is 20.6 Å². The molecule has 7 heteroatoms. The number of hydrogen-bond donors (Lipinski definition) is 0. The number of halogens is 1. The molecule has 0 aliphatic rings. The van der Waals surface area contributed by atoms with Gasteiger partial charge in [0.25, 0.3) is 5.69 Å². The van der Waals surface area contributed by atoms with Crippen molar-refractivity contribution in [1.29, 1.82) is 0 Å². The monoisotopic (exact) mass is 281 g/mol. The third kappa shape index (κ3) is 2.60. The van der Waals surface area contributed by atoms with Crippen molar-refractivity contribution >= 4 is 29.1 Å². The molecule has 1 aromatic heterocycles. The molecule has 0 aliphatic carbocycles. The second kappa shape index (κ2) is 5.32. The fourth-order valence-corrected chi connectivity index (χ4v) is 2.46. The molecule has 0 saturated carbocycles. The molecular weight excluding hydrogens is 274 g/mol. The lowest BCUT2D eigenvalue weighted by atomic mass is 10.3. The minimum atomic E-state index is -0.416. The first-order valence-corrected chi connectivity index (χ1v) is 6.17. The summed E-state index contributed by atoms with van der Waals surface area (Å²) in [6.07, 6.45) is 1.34. The molecule has 0 unspecified atom stereocenters. The molecule has 0 fully saturated rings. The fraction of sp³-hybridized carbons (Fsp3) is 0.0909.